The molecule has 1 N–H and O–H groups in total. The highest BCUT2D eigenvalue weighted by molar-refractivity contribution is 7.93. The zero-order valence-corrected chi connectivity index (χ0v) is 17.8. The van der Waals surface area contributed by atoms with Crippen molar-refractivity contribution in [3.05, 3.63) is 75.1 Å². The van der Waals surface area contributed by atoms with Crippen LogP contribution in [0.1, 0.15) is 29.2 Å². The van der Waals surface area contributed by atoms with E-state index in [2.05, 4.69) is 15.7 Å². The Balaban J connectivity index is 1.55. The predicted molar refractivity (Wildman–Crippen MR) is 116 cm³/mol. The average molecular weight is 433 g/mol. The highest BCUT2D eigenvalue weighted by Crippen LogP contribution is 2.30. The molecule has 0 amide bonds. The minimum absolute atomic E-state index is 0.140. The predicted octanol–water partition coefficient (Wildman–Crippen LogP) is 3.62. The van der Waals surface area contributed by atoms with E-state index in [1.54, 1.807) is 6.08 Å². The van der Waals surface area contributed by atoms with Crippen molar-refractivity contribution < 1.29 is 13.2 Å². The van der Waals surface area contributed by atoms with Gasteiger partial charge in [0.15, 0.2) is 0 Å². The summed E-state index contributed by atoms with van der Waals surface area (Å²) in [5.41, 5.74) is 3.10. The molecule has 0 saturated carbocycles. The Bertz CT molecular complexity index is 1000. The molecule has 1 aliphatic heterocycles. The van der Waals surface area contributed by atoms with Crippen LogP contribution in [0.2, 0.25) is 5.02 Å². The monoisotopic (exact) mass is 432 g/mol. The molecule has 5 nitrogen and oxygen atoms in total. The Morgan fingerprint density at radius 1 is 1.03 bits per heavy atom. The molecule has 2 aromatic carbocycles. The molecule has 1 aliphatic carbocycles. The maximum Gasteiger partial charge on any atom is 0.236 e. The maximum atomic E-state index is 13.0. The van der Waals surface area contributed by atoms with E-state index in [0.717, 1.165) is 30.6 Å². The smallest absolute Gasteiger partial charge is 0.236 e. The van der Waals surface area contributed by atoms with Crippen molar-refractivity contribution in [1.82, 2.24) is 9.62 Å². The number of morpholine rings is 1. The summed E-state index contributed by atoms with van der Waals surface area (Å²) in [7, 11) is -3.57. The number of nitrogens with zero attached hydrogens (tertiary/aromatic N) is 1. The van der Waals surface area contributed by atoms with Crippen LogP contribution < -0.4 is 4.72 Å². The number of fused-ring (bicyclic) bond motifs is 1. The molecule has 0 spiro atoms. The van der Waals surface area contributed by atoms with Crippen LogP contribution in [0.4, 0.5) is 0 Å². The lowest BCUT2D eigenvalue weighted by Gasteiger charge is -2.35. The highest BCUT2D eigenvalue weighted by atomic mass is 35.5. The van der Waals surface area contributed by atoms with Crippen LogP contribution in [0.25, 0.3) is 6.08 Å². The summed E-state index contributed by atoms with van der Waals surface area (Å²) in [6.07, 6.45) is 3.04. The number of benzene rings is 2. The number of hydrogen-bond donors (Lipinski definition) is 1. The molecule has 1 fully saturated rings. The average Bonchev–Trinajstić information content (AvgIpc) is 2.75. The molecule has 154 valence electrons. The fourth-order valence-electron chi connectivity index (χ4n) is 3.97. The number of nitrogens with one attached hydrogen (secondary N) is 1. The Hall–Kier alpha value is -1.70. The first-order chi connectivity index (χ1) is 14.0. The van der Waals surface area contributed by atoms with Crippen molar-refractivity contribution in [2.24, 2.45) is 0 Å². The van der Waals surface area contributed by atoms with Gasteiger partial charge in [-0.3, -0.25) is 4.90 Å². The third-order valence-electron chi connectivity index (χ3n) is 5.57. The zero-order valence-electron chi connectivity index (χ0n) is 16.2. The molecule has 4 rings (SSSR count). The Kier molecular flexibility index (Phi) is 6.37. The SMILES string of the molecule is O=S(=O)(NCC(c1ccccc1Cl)N1CCOCC1)C1=Cc2ccccc2CC1. The Labute approximate surface area is 177 Å². The first kappa shape index (κ1) is 20.6. The molecule has 0 bridgehead atoms. The van der Waals surface area contributed by atoms with Gasteiger partial charge >= 0.3 is 0 Å². The first-order valence-electron chi connectivity index (χ1n) is 9.89. The van der Waals surface area contributed by atoms with Gasteiger partial charge in [-0.1, -0.05) is 54.1 Å². The molecule has 29 heavy (non-hydrogen) atoms. The Morgan fingerprint density at radius 3 is 2.55 bits per heavy atom. The number of ether oxygens (including phenoxy) is 1. The fourth-order valence-corrected chi connectivity index (χ4v) is 5.45. The van der Waals surface area contributed by atoms with Gasteiger partial charge in [-0.15, -0.1) is 0 Å². The standard InChI is InChI=1S/C22H25ClN2O3S/c23-21-8-4-3-7-20(21)22(25-11-13-28-14-12-25)16-24-29(26,27)19-10-9-17-5-1-2-6-18(17)15-19/h1-8,15,22,24H,9-14,16H2. The Morgan fingerprint density at radius 2 is 1.76 bits per heavy atom. The van der Waals surface area contributed by atoms with Gasteiger partial charge < -0.3 is 4.74 Å². The lowest BCUT2D eigenvalue weighted by atomic mass is 9.98. The molecule has 1 saturated heterocycles. The second kappa shape index (κ2) is 8.98. The molecule has 2 aliphatic rings. The minimum Gasteiger partial charge on any atom is -0.379 e. The van der Waals surface area contributed by atoms with Crippen molar-refractivity contribution >= 4 is 27.7 Å². The minimum atomic E-state index is -3.57. The van der Waals surface area contributed by atoms with Crippen molar-refractivity contribution in [3.8, 4) is 0 Å². The normalized spacial score (nSPS) is 18.7. The van der Waals surface area contributed by atoms with Gasteiger partial charge in [0.2, 0.25) is 10.0 Å². The summed E-state index contributed by atoms with van der Waals surface area (Å²) in [4.78, 5) is 2.67. The van der Waals surface area contributed by atoms with E-state index in [0.29, 0.717) is 29.6 Å². The van der Waals surface area contributed by atoms with Crippen LogP contribution in [0.15, 0.2) is 53.4 Å². The molecule has 1 atom stereocenters. The second-order valence-corrected chi connectivity index (χ2v) is 9.57. The molecule has 2 aromatic rings. The number of allylic oxidation sites excluding steroid dienone is 1. The van der Waals surface area contributed by atoms with E-state index >= 15 is 0 Å². The van der Waals surface area contributed by atoms with Gasteiger partial charge in [0.05, 0.1) is 18.1 Å². The van der Waals surface area contributed by atoms with Crippen LogP contribution in [0.5, 0.6) is 0 Å². The summed E-state index contributed by atoms with van der Waals surface area (Å²) in [6.45, 7) is 3.03. The van der Waals surface area contributed by atoms with E-state index < -0.39 is 10.0 Å². The number of sulfonamides is 1. The van der Waals surface area contributed by atoms with E-state index in [4.69, 9.17) is 16.3 Å². The largest absolute Gasteiger partial charge is 0.379 e. The molecule has 1 unspecified atom stereocenters. The molecule has 0 aromatic heterocycles. The number of hydrogen-bond acceptors (Lipinski definition) is 4. The summed E-state index contributed by atoms with van der Waals surface area (Å²) >= 11 is 6.45. The molecular formula is C22H25ClN2O3S. The third-order valence-corrected chi connectivity index (χ3v) is 7.48. The summed E-state index contributed by atoms with van der Waals surface area (Å²) in [6, 6.07) is 15.4. The summed E-state index contributed by atoms with van der Waals surface area (Å²) < 4.78 is 34.4. The van der Waals surface area contributed by atoms with Gasteiger partial charge in [-0.05, 0) is 41.7 Å². The van der Waals surface area contributed by atoms with E-state index in [1.165, 1.54) is 5.56 Å². The van der Waals surface area contributed by atoms with Crippen LogP contribution in [0, 0.1) is 0 Å². The fraction of sp³-hybridized carbons (Fsp3) is 0.364. The van der Waals surface area contributed by atoms with Crippen LogP contribution >= 0.6 is 11.6 Å². The van der Waals surface area contributed by atoms with Crippen LogP contribution in [0.3, 0.4) is 0 Å². The van der Waals surface area contributed by atoms with Crippen molar-refractivity contribution in [3.63, 3.8) is 0 Å². The van der Waals surface area contributed by atoms with Crippen molar-refractivity contribution in [1.29, 1.82) is 0 Å². The van der Waals surface area contributed by atoms with Gasteiger partial charge in [0, 0.05) is 30.7 Å². The highest BCUT2D eigenvalue weighted by Gasteiger charge is 2.28. The van der Waals surface area contributed by atoms with E-state index in [1.807, 2.05) is 42.5 Å². The van der Waals surface area contributed by atoms with Gasteiger partial charge in [0.1, 0.15) is 0 Å². The topological polar surface area (TPSA) is 58.6 Å². The van der Waals surface area contributed by atoms with Gasteiger partial charge in [0.25, 0.3) is 0 Å². The molecule has 1 heterocycles. The second-order valence-electron chi connectivity index (χ2n) is 7.35. The maximum absolute atomic E-state index is 13.0. The lowest BCUT2D eigenvalue weighted by molar-refractivity contribution is 0.0172. The van der Waals surface area contributed by atoms with Crippen molar-refractivity contribution in [2.75, 3.05) is 32.8 Å². The van der Waals surface area contributed by atoms with Crippen LogP contribution in [-0.4, -0.2) is 46.2 Å². The number of rotatable bonds is 6. The molecule has 7 heteroatoms. The van der Waals surface area contributed by atoms with Crippen molar-refractivity contribution in [2.45, 2.75) is 18.9 Å². The van der Waals surface area contributed by atoms with Crippen LogP contribution in [-0.2, 0) is 21.2 Å². The third kappa shape index (κ3) is 4.73. The van der Waals surface area contributed by atoms with E-state index in [-0.39, 0.29) is 12.6 Å². The van der Waals surface area contributed by atoms with E-state index in [9.17, 15) is 8.42 Å². The summed E-state index contributed by atoms with van der Waals surface area (Å²) in [5.74, 6) is 0. The molecule has 0 radical (unpaired) electrons. The number of aryl methyl sites for hydroxylation is 1. The van der Waals surface area contributed by atoms with Gasteiger partial charge in [-0.2, -0.15) is 0 Å². The molecular weight excluding hydrogens is 408 g/mol. The number of halogens is 1. The quantitative estimate of drug-likeness (QED) is 0.757. The lowest BCUT2D eigenvalue weighted by Crippen LogP contribution is -2.44. The summed E-state index contributed by atoms with van der Waals surface area (Å²) in [5, 5.41) is 0.647. The first-order valence-corrected chi connectivity index (χ1v) is 11.7. The van der Waals surface area contributed by atoms with Gasteiger partial charge in [-0.25, -0.2) is 13.1 Å². The zero-order chi connectivity index (χ0) is 20.3.